The van der Waals surface area contributed by atoms with Crippen LogP contribution in [0.3, 0.4) is 0 Å². The third kappa shape index (κ3) is 1.64. The summed E-state index contributed by atoms with van der Waals surface area (Å²) in [5.41, 5.74) is 3.20. The molecule has 0 atom stereocenters. The second-order valence-corrected chi connectivity index (χ2v) is 2.31. The van der Waals surface area contributed by atoms with Gasteiger partial charge in [-0.25, -0.2) is 0 Å². The zero-order valence-electron chi connectivity index (χ0n) is 5.94. The highest BCUT2D eigenvalue weighted by Crippen LogP contribution is 2.10. The Morgan fingerprint density at radius 1 is 1.50 bits per heavy atom. The van der Waals surface area contributed by atoms with E-state index in [1.807, 2.05) is 13.8 Å². The van der Waals surface area contributed by atoms with Crippen molar-refractivity contribution in [1.29, 1.82) is 0 Å². The van der Waals surface area contributed by atoms with Gasteiger partial charge in [-0.1, -0.05) is 0 Å². The van der Waals surface area contributed by atoms with Gasteiger partial charge >= 0.3 is 0 Å². The molecule has 0 aromatic carbocycles. The Morgan fingerprint density at radius 3 is 2.30 bits per heavy atom. The molecule has 1 aromatic heterocycles. The number of halogens is 2. The van der Waals surface area contributed by atoms with Crippen molar-refractivity contribution in [2.75, 3.05) is 0 Å². The van der Waals surface area contributed by atoms with Gasteiger partial charge in [0.2, 0.25) is 0 Å². The molecule has 1 N–H and O–H groups in total. The Hall–Kier alpha value is -0.210. The van der Waals surface area contributed by atoms with E-state index >= 15 is 0 Å². The fraction of sp³-hybridized carbons (Fsp3) is 0.500. The highest BCUT2D eigenvalue weighted by Gasteiger charge is 2.02. The van der Waals surface area contributed by atoms with Crippen LogP contribution >= 0.6 is 24.0 Å². The lowest BCUT2D eigenvalue weighted by atomic mass is 10.2. The van der Waals surface area contributed by atoms with Gasteiger partial charge in [0, 0.05) is 11.3 Å². The molecule has 0 aliphatic heterocycles. The van der Waals surface area contributed by atoms with Crippen molar-refractivity contribution in [3.05, 3.63) is 17.0 Å². The van der Waals surface area contributed by atoms with Crippen LogP contribution in [-0.4, -0.2) is 10.2 Å². The van der Waals surface area contributed by atoms with Crippen LogP contribution in [0, 0.1) is 13.8 Å². The predicted molar refractivity (Wildman–Crippen MR) is 44.9 cm³/mol. The van der Waals surface area contributed by atoms with Crippen molar-refractivity contribution in [2.45, 2.75) is 19.7 Å². The molecule has 2 nitrogen and oxygen atoms in total. The molecular weight excluding hydrogens is 171 g/mol. The molecule has 0 bridgehead atoms. The highest BCUT2D eigenvalue weighted by atomic mass is 35.5. The number of aromatic amines is 1. The molecule has 1 heterocycles. The smallest absolute Gasteiger partial charge is 0.0638 e. The molecule has 1 rings (SSSR count). The lowest BCUT2D eigenvalue weighted by Gasteiger charge is -1.89. The largest absolute Gasteiger partial charge is 0.282 e. The van der Waals surface area contributed by atoms with Gasteiger partial charge in [-0.3, -0.25) is 5.10 Å². The van der Waals surface area contributed by atoms with Gasteiger partial charge in [0.05, 0.1) is 11.6 Å². The van der Waals surface area contributed by atoms with Gasteiger partial charge in [-0.2, -0.15) is 5.10 Å². The molecule has 0 fully saturated rings. The van der Waals surface area contributed by atoms with E-state index in [1.54, 1.807) is 0 Å². The van der Waals surface area contributed by atoms with E-state index in [9.17, 15) is 0 Å². The minimum absolute atomic E-state index is 0. The monoisotopic (exact) mass is 180 g/mol. The normalized spacial score (nSPS) is 9.10. The van der Waals surface area contributed by atoms with Crippen molar-refractivity contribution in [3.63, 3.8) is 0 Å². The summed E-state index contributed by atoms with van der Waals surface area (Å²) in [4.78, 5) is 0. The molecule has 0 unspecified atom stereocenters. The number of aromatic nitrogens is 2. The Labute approximate surface area is 71.4 Å². The number of rotatable bonds is 1. The molecule has 10 heavy (non-hydrogen) atoms. The van der Waals surface area contributed by atoms with Crippen LogP contribution < -0.4 is 0 Å². The fourth-order valence-electron chi connectivity index (χ4n) is 0.771. The van der Waals surface area contributed by atoms with E-state index in [1.165, 1.54) is 0 Å². The van der Waals surface area contributed by atoms with Crippen LogP contribution in [0.4, 0.5) is 0 Å². The summed E-state index contributed by atoms with van der Waals surface area (Å²) in [6.07, 6.45) is 0. The average Bonchev–Trinajstić information content (AvgIpc) is 2.12. The van der Waals surface area contributed by atoms with E-state index in [-0.39, 0.29) is 12.4 Å². The number of hydrogen-bond acceptors (Lipinski definition) is 1. The van der Waals surface area contributed by atoms with Gasteiger partial charge in [-0.05, 0) is 13.8 Å². The summed E-state index contributed by atoms with van der Waals surface area (Å²) in [5.74, 6) is 0.550. The highest BCUT2D eigenvalue weighted by molar-refractivity contribution is 6.17. The van der Waals surface area contributed by atoms with Crippen LogP contribution in [0.1, 0.15) is 17.0 Å². The van der Waals surface area contributed by atoms with Crippen LogP contribution in [0.2, 0.25) is 0 Å². The molecule has 0 saturated carbocycles. The van der Waals surface area contributed by atoms with Crippen molar-refractivity contribution in [1.82, 2.24) is 10.2 Å². The maximum Gasteiger partial charge on any atom is 0.0638 e. The summed E-state index contributed by atoms with van der Waals surface area (Å²) in [5, 5.41) is 6.83. The molecule has 0 aliphatic carbocycles. The van der Waals surface area contributed by atoms with Crippen molar-refractivity contribution in [3.8, 4) is 0 Å². The van der Waals surface area contributed by atoms with Crippen LogP contribution in [0.15, 0.2) is 0 Å². The maximum absolute atomic E-state index is 5.62. The summed E-state index contributed by atoms with van der Waals surface area (Å²) in [6.45, 7) is 3.92. The van der Waals surface area contributed by atoms with Gasteiger partial charge in [0.25, 0.3) is 0 Å². The molecule has 0 amide bonds. The lowest BCUT2D eigenvalue weighted by Crippen LogP contribution is -1.80. The fourth-order valence-corrected chi connectivity index (χ4v) is 1.16. The summed E-state index contributed by atoms with van der Waals surface area (Å²) >= 11 is 5.62. The first kappa shape index (κ1) is 9.79. The molecule has 0 saturated heterocycles. The van der Waals surface area contributed by atoms with Crippen LogP contribution in [0.5, 0.6) is 0 Å². The second-order valence-electron chi connectivity index (χ2n) is 2.05. The first-order chi connectivity index (χ1) is 4.25. The first-order valence-corrected chi connectivity index (χ1v) is 3.35. The summed E-state index contributed by atoms with van der Waals surface area (Å²) < 4.78 is 0. The van der Waals surface area contributed by atoms with Gasteiger partial charge < -0.3 is 0 Å². The number of nitrogens with zero attached hydrogens (tertiary/aromatic N) is 1. The van der Waals surface area contributed by atoms with E-state index in [2.05, 4.69) is 10.2 Å². The number of nitrogens with one attached hydrogen (secondary N) is 1. The summed E-state index contributed by atoms with van der Waals surface area (Å²) in [7, 11) is 0. The maximum atomic E-state index is 5.62. The minimum Gasteiger partial charge on any atom is -0.282 e. The Morgan fingerprint density at radius 2 is 2.10 bits per heavy atom. The third-order valence-electron chi connectivity index (χ3n) is 1.41. The van der Waals surface area contributed by atoms with E-state index in [0.29, 0.717) is 5.88 Å². The molecular formula is C6H10Cl2N2. The van der Waals surface area contributed by atoms with Crippen molar-refractivity contribution < 1.29 is 0 Å². The number of hydrogen-bond donors (Lipinski definition) is 1. The standard InChI is InChI=1S/C6H9ClN2.ClH/c1-4-6(3-7)5(2)9-8-4;/h3H2,1-2H3,(H,8,9);1H. The third-order valence-corrected chi connectivity index (χ3v) is 1.68. The molecule has 0 aliphatic rings. The molecule has 0 radical (unpaired) electrons. The topological polar surface area (TPSA) is 28.7 Å². The first-order valence-electron chi connectivity index (χ1n) is 2.82. The molecule has 0 spiro atoms. The number of alkyl halides is 1. The summed E-state index contributed by atoms with van der Waals surface area (Å²) in [6, 6.07) is 0. The zero-order valence-corrected chi connectivity index (χ0v) is 7.51. The zero-order chi connectivity index (χ0) is 6.85. The molecule has 58 valence electrons. The van der Waals surface area contributed by atoms with E-state index < -0.39 is 0 Å². The average molecular weight is 181 g/mol. The van der Waals surface area contributed by atoms with Crippen molar-refractivity contribution >= 4 is 24.0 Å². The molecule has 1 aromatic rings. The van der Waals surface area contributed by atoms with Crippen LogP contribution in [0.25, 0.3) is 0 Å². The quantitative estimate of drug-likeness (QED) is 0.661. The SMILES string of the molecule is Cc1n[nH]c(C)c1CCl.Cl. The van der Waals surface area contributed by atoms with Crippen molar-refractivity contribution in [2.24, 2.45) is 0 Å². The second kappa shape index (κ2) is 3.84. The van der Waals surface area contributed by atoms with E-state index in [4.69, 9.17) is 11.6 Å². The van der Waals surface area contributed by atoms with E-state index in [0.717, 1.165) is 17.0 Å². The number of H-pyrrole nitrogens is 1. The van der Waals surface area contributed by atoms with Gasteiger partial charge in [-0.15, -0.1) is 24.0 Å². The van der Waals surface area contributed by atoms with Crippen LogP contribution in [-0.2, 0) is 5.88 Å². The Balaban J connectivity index is 0.000000810. The lowest BCUT2D eigenvalue weighted by molar-refractivity contribution is 1.02. The van der Waals surface area contributed by atoms with Gasteiger partial charge in [0.1, 0.15) is 0 Å². The number of aryl methyl sites for hydroxylation is 2. The van der Waals surface area contributed by atoms with Gasteiger partial charge in [0.15, 0.2) is 0 Å². The Kier molecular flexibility index (Phi) is 3.76. The predicted octanol–water partition coefficient (Wildman–Crippen LogP) is 2.19. The molecule has 4 heteroatoms. The Bertz CT molecular complexity index is 188. The minimum atomic E-state index is 0.